The van der Waals surface area contributed by atoms with Crippen molar-refractivity contribution in [2.45, 2.75) is 32.7 Å². The zero-order valence-electron chi connectivity index (χ0n) is 13.7. The van der Waals surface area contributed by atoms with Crippen LogP contribution in [-0.2, 0) is 4.74 Å². The van der Waals surface area contributed by atoms with Gasteiger partial charge < -0.3 is 14.6 Å². The van der Waals surface area contributed by atoms with Gasteiger partial charge in [-0.1, -0.05) is 0 Å². The molecule has 0 radical (unpaired) electrons. The topological polar surface area (TPSA) is 46.5 Å². The largest absolute Gasteiger partial charge is 0.379 e. The van der Waals surface area contributed by atoms with Gasteiger partial charge in [0.1, 0.15) is 0 Å². The molecule has 1 aromatic heterocycles. The lowest BCUT2D eigenvalue weighted by atomic mass is 10.1. The average molecular weight is 305 g/mol. The Morgan fingerprint density at radius 2 is 2.05 bits per heavy atom. The van der Waals surface area contributed by atoms with E-state index in [1.54, 1.807) is 0 Å². The van der Waals surface area contributed by atoms with Gasteiger partial charge >= 0.3 is 0 Å². The minimum absolute atomic E-state index is 0.210. The molecule has 22 heavy (non-hydrogen) atoms. The van der Waals surface area contributed by atoms with Crippen LogP contribution in [0.15, 0.2) is 6.07 Å². The molecule has 0 amide bonds. The fourth-order valence-corrected chi connectivity index (χ4v) is 3.31. The Labute approximate surface area is 132 Å². The van der Waals surface area contributed by atoms with Crippen LogP contribution < -0.4 is 5.32 Å². The molecule has 1 aliphatic heterocycles. The Balaban J connectivity index is 1.46. The first-order chi connectivity index (χ1) is 10.7. The van der Waals surface area contributed by atoms with Crippen molar-refractivity contribution in [3.05, 3.63) is 23.0 Å². The Kier molecular flexibility index (Phi) is 4.96. The number of aromatic nitrogens is 1. The highest BCUT2D eigenvalue weighted by molar-refractivity contribution is 5.99. The van der Waals surface area contributed by atoms with Gasteiger partial charge in [-0.05, 0) is 32.8 Å². The third-order valence-corrected chi connectivity index (χ3v) is 4.69. The molecule has 0 bridgehead atoms. The van der Waals surface area contributed by atoms with Gasteiger partial charge in [-0.2, -0.15) is 0 Å². The molecule has 2 fully saturated rings. The molecule has 1 aromatic rings. The number of morpholine rings is 1. The Hall–Kier alpha value is -1.17. The number of nitrogens with zero attached hydrogens (tertiary/aromatic N) is 2. The molecule has 2 heterocycles. The van der Waals surface area contributed by atoms with E-state index in [1.165, 1.54) is 18.5 Å². The van der Waals surface area contributed by atoms with Crippen molar-refractivity contribution >= 4 is 5.78 Å². The highest BCUT2D eigenvalue weighted by Gasteiger charge is 2.28. The van der Waals surface area contributed by atoms with E-state index in [9.17, 15) is 4.79 Å². The number of carbonyl (C=O) groups is 1. The monoisotopic (exact) mass is 305 g/mol. The van der Waals surface area contributed by atoms with E-state index in [1.807, 2.05) is 0 Å². The van der Waals surface area contributed by atoms with Crippen molar-refractivity contribution in [2.24, 2.45) is 0 Å². The number of aryl methyl sites for hydroxylation is 1. The van der Waals surface area contributed by atoms with E-state index in [0.29, 0.717) is 12.6 Å². The molecule has 0 atom stereocenters. The minimum atomic E-state index is 0.210. The van der Waals surface area contributed by atoms with Gasteiger partial charge in [0, 0.05) is 49.2 Å². The van der Waals surface area contributed by atoms with Gasteiger partial charge in [0.15, 0.2) is 5.78 Å². The standard InChI is InChI=1S/C17H27N3O2/c1-13-11-16(14(2)20(13)15-3-4-15)17(21)12-18-5-6-19-7-9-22-10-8-19/h11,15,18H,3-10,12H2,1-2H3. The van der Waals surface area contributed by atoms with Crippen LogP contribution in [0.3, 0.4) is 0 Å². The van der Waals surface area contributed by atoms with E-state index < -0.39 is 0 Å². The smallest absolute Gasteiger partial charge is 0.178 e. The van der Waals surface area contributed by atoms with Crippen molar-refractivity contribution in [3.8, 4) is 0 Å². The van der Waals surface area contributed by atoms with Crippen LogP contribution in [0.5, 0.6) is 0 Å². The summed E-state index contributed by atoms with van der Waals surface area (Å²) in [7, 11) is 0. The number of rotatable bonds is 7. The highest BCUT2D eigenvalue weighted by Crippen LogP contribution is 2.38. The molecular weight excluding hydrogens is 278 g/mol. The van der Waals surface area contributed by atoms with Crippen molar-refractivity contribution in [3.63, 3.8) is 0 Å². The summed E-state index contributed by atoms with van der Waals surface area (Å²) in [5.41, 5.74) is 3.25. The van der Waals surface area contributed by atoms with E-state index in [2.05, 4.69) is 34.7 Å². The maximum absolute atomic E-state index is 12.4. The van der Waals surface area contributed by atoms with Crippen LogP contribution in [0.1, 0.15) is 40.6 Å². The third-order valence-electron chi connectivity index (χ3n) is 4.69. The zero-order valence-corrected chi connectivity index (χ0v) is 13.7. The Morgan fingerprint density at radius 3 is 2.73 bits per heavy atom. The Morgan fingerprint density at radius 1 is 1.32 bits per heavy atom. The third kappa shape index (κ3) is 3.59. The van der Waals surface area contributed by atoms with Gasteiger partial charge in [-0.15, -0.1) is 0 Å². The van der Waals surface area contributed by atoms with Crippen LogP contribution in [0, 0.1) is 13.8 Å². The second-order valence-electron chi connectivity index (χ2n) is 6.44. The van der Waals surface area contributed by atoms with Crippen molar-refractivity contribution in [2.75, 3.05) is 45.9 Å². The fraction of sp³-hybridized carbons (Fsp3) is 0.706. The number of nitrogens with one attached hydrogen (secondary N) is 1. The summed E-state index contributed by atoms with van der Waals surface area (Å²) in [5.74, 6) is 0.210. The van der Waals surface area contributed by atoms with E-state index >= 15 is 0 Å². The van der Waals surface area contributed by atoms with E-state index in [-0.39, 0.29) is 5.78 Å². The summed E-state index contributed by atoms with van der Waals surface area (Å²) in [6.45, 7) is 10.1. The molecule has 1 saturated carbocycles. The molecular formula is C17H27N3O2. The zero-order chi connectivity index (χ0) is 15.5. The van der Waals surface area contributed by atoms with Gasteiger partial charge in [-0.3, -0.25) is 9.69 Å². The van der Waals surface area contributed by atoms with Crippen LogP contribution >= 0.6 is 0 Å². The maximum Gasteiger partial charge on any atom is 0.178 e. The van der Waals surface area contributed by atoms with Crippen molar-refractivity contribution in [1.29, 1.82) is 0 Å². The second kappa shape index (κ2) is 6.94. The van der Waals surface area contributed by atoms with Crippen LogP contribution in [-0.4, -0.2) is 61.2 Å². The molecule has 1 aliphatic carbocycles. The molecule has 5 nitrogen and oxygen atoms in total. The molecule has 0 unspecified atom stereocenters. The van der Waals surface area contributed by atoms with Crippen molar-refractivity contribution in [1.82, 2.24) is 14.8 Å². The second-order valence-corrected chi connectivity index (χ2v) is 6.44. The van der Waals surface area contributed by atoms with E-state index in [4.69, 9.17) is 4.74 Å². The number of hydrogen-bond donors (Lipinski definition) is 1. The predicted octanol–water partition coefficient (Wildman–Crippen LogP) is 1.54. The number of Topliss-reactive ketones (excluding diaryl/α,β-unsaturated/α-hetero) is 1. The Bertz CT molecular complexity index is 528. The first-order valence-electron chi connectivity index (χ1n) is 8.39. The highest BCUT2D eigenvalue weighted by atomic mass is 16.5. The number of carbonyl (C=O) groups excluding carboxylic acids is 1. The lowest BCUT2D eigenvalue weighted by Crippen LogP contribution is -2.41. The van der Waals surface area contributed by atoms with Gasteiger partial charge in [-0.25, -0.2) is 0 Å². The SMILES string of the molecule is Cc1cc(C(=O)CNCCN2CCOCC2)c(C)n1C1CC1. The maximum atomic E-state index is 12.4. The molecule has 122 valence electrons. The lowest BCUT2D eigenvalue weighted by Gasteiger charge is -2.26. The molecule has 3 rings (SSSR count). The normalized spacial score (nSPS) is 19.5. The quantitative estimate of drug-likeness (QED) is 0.613. The summed E-state index contributed by atoms with van der Waals surface area (Å²) in [6, 6.07) is 2.69. The number of ether oxygens (including phenoxy) is 1. The van der Waals surface area contributed by atoms with Gasteiger partial charge in [0.2, 0.25) is 0 Å². The first kappa shape index (κ1) is 15.7. The summed E-state index contributed by atoms with van der Waals surface area (Å²) in [6.07, 6.45) is 2.50. The van der Waals surface area contributed by atoms with Crippen molar-refractivity contribution < 1.29 is 9.53 Å². The molecule has 0 spiro atoms. The molecule has 2 aliphatic rings. The van der Waals surface area contributed by atoms with E-state index in [0.717, 1.165) is 50.7 Å². The minimum Gasteiger partial charge on any atom is -0.379 e. The van der Waals surface area contributed by atoms with Gasteiger partial charge in [0.25, 0.3) is 0 Å². The molecule has 5 heteroatoms. The summed E-state index contributed by atoms with van der Waals surface area (Å²) < 4.78 is 7.67. The lowest BCUT2D eigenvalue weighted by molar-refractivity contribution is 0.0384. The number of hydrogen-bond acceptors (Lipinski definition) is 4. The summed E-state index contributed by atoms with van der Waals surface area (Å²) in [4.78, 5) is 14.8. The summed E-state index contributed by atoms with van der Waals surface area (Å²) >= 11 is 0. The predicted molar refractivity (Wildman–Crippen MR) is 86.6 cm³/mol. The molecule has 0 aromatic carbocycles. The molecule has 1 saturated heterocycles. The average Bonchev–Trinajstić information content (AvgIpc) is 3.30. The fourth-order valence-electron chi connectivity index (χ4n) is 3.31. The van der Waals surface area contributed by atoms with Crippen LogP contribution in [0.2, 0.25) is 0 Å². The van der Waals surface area contributed by atoms with Crippen LogP contribution in [0.25, 0.3) is 0 Å². The van der Waals surface area contributed by atoms with Crippen LogP contribution in [0.4, 0.5) is 0 Å². The van der Waals surface area contributed by atoms with Gasteiger partial charge in [0.05, 0.1) is 19.8 Å². The first-order valence-corrected chi connectivity index (χ1v) is 8.39. The number of ketones is 1. The summed E-state index contributed by atoms with van der Waals surface area (Å²) in [5, 5.41) is 3.29. The molecule has 1 N–H and O–H groups in total.